The van der Waals surface area contributed by atoms with Gasteiger partial charge in [-0.15, -0.1) is 0 Å². The Balaban J connectivity index is 1.96. The highest BCUT2D eigenvalue weighted by Gasteiger charge is 2.11. The van der Waals surface area contributed by atoms with Crippen LogP contribution in [-0.2, 0) is 29.4 Å². The summed E-state index contributed by atoms with van der Waals surface area (Å²) in [7, 11) is -1.52. The van der Waals surface area contributed by atoms with Crippen molar-refractivity contribution in [3.63, 3.8) is 0 Å². The number of hydrogen-bond donors (Lipinski definition) is 1. The van der Waals surface area contributed by atoms with Gasteiger partial charge >= 0.3 is 0 Å². The number of nitrogens with zero attached hydrogens (tertiary/aromatic N) is 2. The normalized spacial score (nSPS) is 11.6. The van der Waals surface area contributed by atoms with E-state index in [9.17, 15) is 8.42 Å². The Morgan fingerprint density at radius 1 is 1.22 bits per heavy atom. The first kappa shape index (κ1) is 12.8. The summed E-state index contributed by atoms with van der Waals surface area (Å²) < 4.78 is 27.9. The van der Waals surface area contributed by atoms with Crippen molar-refractivity contribution in [1.29, 1.82) is 0 Å². The average molecular weight is 265 g/mol. The number of sulfonamides is 1. The van der Waals surface area contributed by atoms with Gasteiger partial charge in [0, 0.05) is 25.4 Å². The van der Waals surface area contributed by atoms with Crippen LogP contribution in [-0.4, -0.2) is 18.2 Å². The standard InChI is InChI=1S/C12H15N3O2S/c1-15-9-12(7-13-15)8-14-18(16,17)10-11-5-3-2-4-6-11/h2-7,9,14H,8,10H2,1H3. The van der Waals surface area contributed by atoms with E-state index in [0.29, 0.717) is 0 Å². The van der Waals surface area contributed by atoms with E-state index in [1.165, 1.54) is 0 Å². The highest BCUT2D eigenvalue weighted by Crippen LogP contribution is 2.05. The van der Waals surface area contributed by atoms with Crippen LogP contribution in [0.15, 0.2) is 42.7 Å². The zero-order valence-electron chi connectivity index (χ0n) is 10.1. The van der Waals surface area contributed by atoms with Crippen LogP contribution < -0.4 is 4.72 Å². The van der Waals surface area contributed by atoms with Crippen LogP contribution in [0.1, 0.15) is 11.1 Å². The van der Waals surface area contributed by atoms with Crippen molar-refractivity contribution in [2.45, 2.75) is 12.3 Å². The molecule has 5 nitrogen and oxygen atoms in total. The minimum Gasteiger partial charge on any atom is -0.275 e. The molecule has 1 aromatic heterocycles. The van der Waals surface area contributed by atoms with Crippen molar-refractivity contribution in [2.24, 2.45) is 7.05 Å². The maximum Gasteiger partial charge on any atom is 0.216 e. The van der Waals surface area contributed by atoms with Gasteiger partial charge in [0.15, 0.2) is 0 Å². The van der Waals surface area contributed by atoms with Crippen LogP contribution in [0.25, 0.3) is 0 Å². The van der Waals surface area contributed by atoms with Crippen molar-refractivity contribution in [2.75, 3.05) is 0 Å². The molecule has 2 rings (SSSR count). The summed E-state index contributed by atoms with van der Waals surface area (Å²) in [5.74, 6) is -0.00585. The van der Waals surface area contributed by atoms with Crippen molar-refractivity contribution in [3.05, 3.63) is 53.9 Å². The molecule has 2 aromatic rings. The third kappa shape index (κ3) is 3.68. The molecular formula is C12H15N3O2S. The topological polar surface area (TPSA) is 64.0 Å². The third-order valence-corrected chi connectivity index (χ3v) is 3.75. The molecule has 0 aliphatic carbocycles. The zero-order chi connectivity index (χ0) is 13.0. The van der Waals surface area contributed by atoms with Gasteiger partial charge in [-0.1, -0.05) is 30.3 Å². The lowest BCUT2D eigenvalue weighted by Crippen LogP contribution is -2.24. The summed E-state index contributed by atoms with van der Waals surface area (Å²) in [4.78, 5) is 0. The molecule has 96 valence electrons. The summed E-state index contributed by atoms with van der Waals surface area (Å²) >= 11 is 0. The molecule has 1 aromatic carbocycles. The lowest BCUT2D eigenvalue weighted by Gasteiger charge is -2.05. The molecule has 0 bridgehead atoms. The Kier molecular flexibility index (Phi) is 3.78. The molecule has 0 saturated carbocycles. The molecule has 0 saturated heterocycles. The fraction of sp³-hybridized carbons (Fsp3) is 0.250. The molecule has 18 heavy (non-hydrogen) atoms. The van der Waals surface area contributed by atoms with Gasteiger partial charge in [0.05, 0.1) is 11.9 Å². The lowest BCUT2D eigenvalue weighted by molar-refractivity contribution is 0.580. The smallest absolute Gasteiger partial charge is 0.216 e. The molecule has 0 radical (unpaired) electrons. The third-order valence-electron chi connectivity index (χ3n) is 2.45. The maximum absolute atomic E-state index is 11.8. The Hall–Kier alpha value is -1.66. The first-order valence-corrected chi connectivity index (χ1v) is 7.19. The molecule has 0 fully saturated rings. The molecule has 0 spiro atoms. The Labute approximate surface area is 107 Å². The number of rotatable bonds is 5. The van der Waals surface area contributed by atoms with E-state index in [2.05, 4.69) is 9.82 Å². The van der Waals surface area contributed by atoms with E-state index in [-0.39, 0.29) is 12.3 Å². The predicted molar refractivity (Wildman–Crippen MR) is 69.1 cm³/mol. The van der Waals surface area contributed by atoms with Crippen molar-refractivity contribution in [3.8, 4) is 0 Å². The lowest BCUT2D eigenvalue weighted by atomic mass is 10.2. The molecule has 0 aliphatic heterocycles. The van der Waals surface area contributed by atoms with Crippen molar-refractivity contribution < 1.29 is 8.42 Å². The van der Waals surface area contributed by atoms with Gasteiger partial charge in [0.2, 0.25) is 10.0 Å². The molecular weight excluding hydrogens is 250 g/mol. The van der Waals surface area contributed by atoms with E-state index >= 15 is 0 Å². The van der Waals surface area contributed by atoms with Crippen molar-refractivity contribution >= 4 is 10.0 Å². The van der Waals surface area contributed by atoms with Crippen LogP contribution in [0.4, 0.5) is 0 Å². The van der Waals surface area contributed by atoms with E-state index in [1.54, 1.807) is 36.3 Å². The summed E-state index contributed by atoms with van der Waals surface area (Å²) in [6.45, 7) is 0.267. The van der Waals surface area contributed by atoms with Crippen LogP contribution in [0.2, 0.25) is 0 Å². The molecule has 0 atom stereocenters. The minimum absolute atomic E-state index is 0.00585. The fourth-order valence-electron chi connectivity index (χ4n) is 1.60. The van der Waals surface area contributed by atoms with Crippen LogP contribution in [0, 0.1) is 0 Å². The highest BCUT2D eigenvalue weighted by molar-refractivity contribution is 7.88. The van der Waals surface area contributed by atoms with Gasteiger partial charge in [0.25, 0.3) is 0 Å². The SMILES string of the molecule is Cn1cc(CNS(=O)(=O)Cc2ccccc2)cn1. The number of aryl methyl sites for hydroxylation is 1. The summed E-state index contributed by atoms with van der Waals surface area (Å²) in [6, 6.07) is 9.10. The van der Waals surface area contributed by atoms with Crippen LogP contribution in [0.3, 0.4) is 0 Å². The number of nitrogens with one attached hydrogen (secondary N) is 1. The predicted octanol–water partition coefficient (Wildman–Crippen LogP) is 1.04. The second kappa shape index (κ2) is 5.32. The molecule has 0 aliphatic rings. The maximum atomic E-state index is 11.8. The Bertz CT molecular complexity index is 605. The fourth-order valence-corrected chi connectivity index (χ4v) is 2.72. The monoisotopic (exact) mass is 265 g/mol. The van der Waals surface area contributed by atoms with E-state index < -0.39 is 10.0 Å². The van der Waals surface area contributed by atoms with Gasteiger partial charge in [-0.2, -0.15) is 5.10 Å². The van der Waals surface area contributed by atoms with Crippen molar-refractivity contribution in [1.82, 2.24) is 14.5 Å². The second-order valence-electron chi connectivity index (χ2n) is 4.09. The number of aromatic nitrogens is 2. The van der Waals surface area contributed by atoms with E-state index in [0.717, 1.165) is 11.1 Å². The van der Waals surface area contributed by atoms with Gasteiger partial charge in [-0.25, -0.2) is 13.1 Å². The van der Waals surface area contributed by atoms with E-state index in [1.807, 2.05) is 18.2 Å². The summed E-state index contributed by atoms with van der Waals surface area (Å²) in [5.41, 5.74) is 1.62. The van der Waals surface area contributed by atoms with E-state index in [4.69, 9.17) is 0 Å². The highest BCUT2D eigenvalue weighted by atomic mass is 32.2. The minimum atomic E-state index is -3.31. The van der Waals surface area contributed by atoms with Gasteiger partial charge in [-0.05, 0) is 5.56 Å². The first-order chi connectivity index (χ1) is 8.55. The summed E-state index contributed by atoms with van der Waals surface area (Å²) in [5, 5.41) is 3.98. The Morgan fingerprint density at radius 3 is 2.56 bits per heavy atom. The summed E-state index contributed by atoms with van der Waals surface area (Å²) in [6.07, 6.45) is 3.43. The molecule has 1 N–H and O–H groups in total. The van der Waals surface area contributed by atoms with Gasteiger partial charge in [0.1, 0.15) is 0 Å². The second-order valence-corrected chi connectivity index (χ2v) is 5.89. The number of hydrogen-bond acceptors (Lipinski definition) is 3. The van der Waals surface area contributed by atoms with Gasteiger partial charge in [-0.3, -0.25) is 4.68 Å². The Morgan fingerprint density at radius 2 is 1.94 bits per heavy atom. The molecule has 6 heteroatoms. The largest absolute Gasteiger partial charge is 0.275 e. The molecule has 1 heterocycles. The molecule has 0 unspecified atom stereocenters. The van der Waals surface area contributed by atoms with Gasteiger partial charge < -0.3 is 0 Å². The molecule has 0 amide bonds. The van der Waals surface area contributed by atoms with Crippen LogP contribution in [0.5, 0.6) is 0 Å². The quantitative estimate of drug-likeness (QED) is 0.878. The first-order valence-electron chi connectivity index (χ1n) is 5.54. The zero-order valence-corrected chi connectivity index (χ0v) is 10.9. The average Bonchev–Trinajstić information content (AvgIpc) is 2.74. The number of benzene rings is 1. The van der Waals surface area contributed by atoms with Crippen LogP contribution >= 0.6 is 0 Å².